The van der Waals surface area contributed by atoms with Crippen LogP contribution in [0.5, 0.6) is 0 Å². The molecule has 1 aromatic heterocycles. The van der Waals surface area contributed by atoms with Crippen LogP contribution in [0.25, 0.3) is 11.0 Å². The van der Waals surface area contributed by atoms with E-state index in [0.29, 0.717) is 27.3 Å². The molecule has 2 unspecified atom stereocenters. The highest BCUT2D eigenvalue weighted by Gasteiger charge is 2.57. The monoisotopic (exact) mass is 486 g/mol. The SMILES string of the molecule is C1CC1.[B]C1([B])C(C(F)(F)F)NC(=O)N1Cc1ccc2nc(CCOC(C)C(F)(F)F)[nH]c2c1. The minimum Gasteiger partial charge on any atom is -0.369 e. The van der Waals surface area contributed by atoms with Crippen LogP contribution in [0.4, 0.5) is 31.1 Å². The van der Waals surface area contributed by atoms with E-state index in [1.807, 2.05) is 0 Å². The highest BCUT2D eigenvalue weighted by molar-refractivity contribution is 6.42. The standard InChI is InChI=1S/C17H16B2F6N4O2.C3H6/c1-8(16(20,21)22)31-5-4-12-26-10-3-2-9(6-11(10)27-12)7-29-14(30)28-13(15(29,18)19)17(23,24)25;1-2-3-1/h2-3,6,8,13H,4-5,7H2,1H3,(H,26,27)(H,28,30);1-3H2. The van der Waals surface area contributed by atoms with Crippen molar-refractivity contribution in [2.24, 2.45) is 0 Å². The second-order valence-electron chi connectivity index (χ2n) is 8.30. The number of amides is 2. The molecule has 0 spiro atoms. The molecule has 1 aliphatic carbocycles. The lowest BCUT2D eigenvalue weighted by Crippen LogP contribution is -2.58. The van der Waals surface area contributed by atoms with Crippen LogP contribution in [0.3, 0.4) is 0 Å². The fraction of sp³-hybridized carbons (Fsp3) is 0.600. The van der Waals surface area contributed by atoms with E-state index in [2.05, 4.69) is 9.97 Å². The van der Waals surface area contributed by atoms with Gasteiger partial charge in [-0.15, -0.1) is 0 Å². The molecule has 2 aromatic rings. The number of aromatic nitrogens is 2. The van der Waals surface area contributed by atoms with Crippen LogP contribution in [0.2, 0.25) is 0 Å². The van der Waals surface area contributed by atoms with E-state index in [9.17, 15) is 31.1 Å². The van der Waals surface area contributed by atoms with E-state index in [1.54, 1.807) is 11.4 Å². The Hall–Kier alpha value is -2.37. The molecule has 2 aliphatic rings. The Bertz CT molecular complexity index is 1010. The Balaban J connectivity index is 0.000000999. The lowest BCUT2D eigenvalue weighted by atomic mass is 9.57. The maximum absolute atomic E-state index is 13.1. The second kappa shape index (κ2) is 9.71. The third-order valence-corrected chi connectivity index (χ3v) is 5.23. The van der Waals surface area contributed by atoms with Crippen molar-refractivity contribution in [1.82, 2.24) is 20.2 Å². The lowest BCUT2D eigenvalue weighted by molar-refractivity contribution is -0.213. The van der Waals surface area contributed by atoms with Crippen LogP contribution < -0.4 is 5.32 Å². The molecule has 2 atom stereocenters. The largest absolute Gasteiger partial charge is 0.414 e. The highest BCUT2D eigenvalue weighted by Crippen LogP contribution is 2.34. The molecule has 0 bridgehead atoms. The summed E-state index contributed by atoms with van der Waals surface area (Å²) in [5, 5.41) is -0.754. The average molecular weight is 486 g/mol. The maximum atomic E-state index is 13.1. The van der Waals surface area contributed by atoms with E-state index in [-0.39, 0.29) is 19.6 Å². The summed E-state index contributed by atoms with van der Waals surface area (Å²) in [6, 6.07) is 1.12. The lowest BCUT2D eigenvalue weighted by Gasteiger charge is -2.36. The van der Waals surface area contributed by atoms with Gasteiger partial charge in [0, 0.05) is 13.0 Å². The number of nitrogens with one attached hydrogen (secondary N) is 2. The van der Waals surface area contributed by atoms with Gasteiger partial charge in [-0.1, -0.05) is 25.3 Å². The van der Waals surface area contributed by atoms with Crippen molar-refractivity contribution in [3.63, 3.8) is 0 Å². The summed E-state index contributed by atoms with van der Waals surface area (Å²) in [5.41, 5.74) is 1.37. The number of fused-ring (bicyclic) bond motifs is 1. The van der Waals surface area contributed by atoms with Crippen LogP contribution in [-0.4, -0.2) is 73.0 Å². The van der Waals surface area contributed by atoms with Gasteiger partial charge in [0.15, 0.2) is 6.10 Å². The van der Waals surface area contributed by atoms with Gasteiger partial charge in [0.25, 0.3) is 0 Å². The molecule has 6 nitrogen and oxygen atoms in total. The normalized spacial score (nSPS) is 20.6. The fourth-order valence-corrected chi connectivity index (χ4v) is 3.14. The number of alkyl halides is 6. The molecule has 1 saturated carbocycles. The zero-order valence-electron chi connectivity index (χ0n) is 18.3. The highest BCUT2D eigenvalue weighted by atomic mass is 19.4. The van der Waals surface area contributed by atoms with Crippen LogP contribution in [0, 0.1) is 0 Å². The molecule has 2 amide bonds. The maximum Gasteiger partial charge on any atom is 0.414 e. The molecular weight excluding hydrogens is 464 g/mol. The zero-order chi connectivity index (χ0) is 25.3. The molecule has 1 aromatic carbocycles. The molecule has 2 fully saturated rings. The summed E-state index contributed by atoms with van der Waals surface area (Å²) in [5.74, 6) is 0.365. The minimum absolute atomic E-state index is 0.0843. The van der Waals surface area contributed by atoms with Gasteiger partial charge < -0.3 is 19.9 Å². The first kappa shape index (κ1) is 26.2. The summed E-state index contributed by atoms with van der Waals surface area (Å²) >= 11 is 0. The number of carbonyl (C=O) groups is 1. The summed E-state index contributed by atoms with van der Waals surface area (Å²) in [6.07, 6.45) is -6.62. The average Bonchev–Trinajstić information content (AvgIpc) is 3.51. The molecule has 14 heteroatoms. The number of benzene rings is 1. The second-order valence-corrected chi connectivity index (χ2v) is 8.30. The molecular formula is C20H22B2F6N4O2. The Morgan fingerprint density at radius 1 is 1.21 bits per heavy atom. The van der Waals surface area contributed by atoms with Crippen molar-refractivity contribution in [1.29, 1.82) is 0 Å². The number of imidazole rings is 1. The number of hydrogen-bond donors (Lipinski definition) is 2. The van der Waals surface area contributed by atoms with Gasteiger partial charge in [0.05, 0.1) is 33.3 Å². The third-order valence-electron chi connectivity index (χ3n) is 5.23. The van der Waals surface area contributed by atoms with Crippen LogP contribution in [0.15, 0.2) is 18.2 Å². The van der Waals surface area contributed by atoms with Crippen LogP contribution in [0.1, 0.15) is 37.6 Å². The quantitative estimate of drug-likeness (QED) is 0.484. The number of urea groups is 1. The molecule has 4 rings (SSSR count). The van der Waals surface area contributed by atoms with E-state index in [1.165, 1.54) is 31.4 Å². The number of carbonyl (C=O) groups excluding carboxylic acids is 1. The topological polar surface area (TPSA) is 70.2 Å². The third kappa shape index (κ3) is 6.39. The fourth-order valence-electron chi connectivity index (χ4n) is 3.14. The van der Waals surface area contributed by atoms with E-state index < -0.39 is 35.9 Å². The Labute approximate surface area is 194 Å². The first-order valence-corrected chi connectivity index (χ1v) is 10.6. The van der Waals surface area contributed by atoms with Gasteiger partial charge in [-0.3, -0.25) is 0 Å². The van der Waals surface area contributed by atoms with Gasteiger partial charge >= 0.3 is 18.4 Å². The van der Waals surface area contributed by atoms with E-state index in [0.717, 1.165) is 6.92 Å². The first-order chi connectivity index (χ1) is 15.7. The summed E-state index contributed by atoms with van der Waals surface area (Å²) in [4.78, 5) is 19.8. The van der Waals surface area contributed by atoms with E-state index in [4.69, 9.17) is 20.4 Å². The number of hydrogen-bond acceptors (Lipinski definition) is 3. The molecule has 2 heterocycles. The van der Waals surface area contributed by atoms with Gasteiger partial charge in [-0.2, -0.15) is 26.3 Å². The Morgan fingerprint density at radius 2 is 1.85 bits per heavy atom. The number of rotatable bonds is 6. The van der Waals surface area contributed by atoms with Gasteiger partial charge in [0.1, 0.15) is 11.9 Å². The molecule has 34 heavy (non-hydrogen) atoms. The molecule has 2 N–H and O–H groups in total. The van der Waals surface area contributed by atoms with Gasteiger partial charge in [-0.25, -0.2) is 9.78 Å². The van der Waals surface area contributed by atoms with Crippen molar-refractivity contribution in [3.05, 3.63) is 29.6 Å². The Kier molecular flexibility index (Phi) is 7.49. The van der Waals surface area contributed by atoms with Gasteiger partial charge in [0.2, 0.25) is 0 Å². The molecule has 4 radical (unpaired) electrons. The predicted octanol–water partition coefficient (Wildman–Crippen LogP) is 3.69. The summed E-state index contributed by atoms with van der Waals surface area (Å²) < 4.78 is 81.4. The molecule has 182 valence electrons. The number of H-pyrrole nitrogens is 1. The smallest absolute Gasteiger partial charge is 0.369 e. The number of aromatic amines is 1. The molecule has 1 saturated heterocycles. The number of ether oxygens (including phenoxy) is 1. The number of nitrogens with zero attached hydrogens (tertiary/aromatic N) is 2. The number of halogens is 6. The van der Waals surface area contributed by atoms with Crippen molar-refractivity contribution < 1.29 is 35.9 Å². The zero-order valence-corrected chi connectivity index (χ0v) is 18.3. The molecule has 1 aliphatic heterocycles. The van der Waals surface area contributed by atoms with Crippen molar-refractivity contribution in [2.75, 3.05) is 6.61 Å². The van der Waals surface area contributed by atoms with Crippen molar-refractivity contribution in [2.45, 2.75) is 69.0 Å². The van der Waals surface area contributed by atoms with E-state index >= 15 is 0 Å². The Morgan fingerprint density at radius 3 is 2.38 bits per heavy atom. The van der Waals surface area contributed by atoms with Crippen LogP contribution >= 0.6 is 0 Å². The summed E-state index contributed by atoms with van der Waals surface area (Å²) in [7, 11) is 11.2. The predicted molar refractivity (Wildman–Crippen MR) is 113 cm³/mol. The van der Waals surface area contributed by atoms with Crippen LogP contribution in [-0.2, 0) is 17.7 Å². The first-order valence-electron chi connectivity index (χ1n) is 10.6. The van der Waals surface area contributed by atoms with Crippen molar-refractivity contribution in [3.8, 4) is 0 Å². The van der Waals surface area contributed by atoms with Crippen molar-refractivity contribution >= 4 is 32.8 Å². The summed E-state index contributed by atoms with van der Waals surface area (Å²) in [6.45, 7) is 0.378. The van der Waals surface area contributed by atoms with Gasteiger partial charge in [-0.05, 0) is 30.0 Å². The minimum atomic E-state index is -4.83.